The molecule has 1 heterocycles. The van der Waals surface area contributed by atoms with Crippen LogP contribution in [0.25, 0.3) is 5.69 Å². The van der Waals surface area contributed by atoms with Crippen LogP contribution in [0.1, 0.15) is 25.1 Å². The Morgan fingerprint density at radius 3 is 2.33 bits per heavy atom. The molecule has 0 aliphatic rings. The molecule has 1 aromatic heterocycles. The Balaban J connectivity index is 2.60. The second-order valence-electron chi connectivity index (χ2n) is 4.96. The van der Waals surface area contributed by atoms with Crippen molar-refractivity contribution >= 4 is 11.6 Å². The summed E-state index contributed by atoms with van der Waals surface area (Å²) in [6.45, 7) is 3.87. The van der Waals surface area contributed by atoms with Crippen LogP contribution in [0.4, 0.5) is 13.2 Å². The fourth-order valence-electron chi connectivity index (χ4n) is 1.92. The lowest BCUT2D eigenvalue weighted by Gasteiger charge is -2.05. The minimum Gasteiger partial charge on any atom is -0.220 e. The number of nitrogens with zero attached hydrogens (tertiary/aromatic N) is 3. The summed E-state index contributed by atoms with van der Waals surface area (Å²) in [6, 6.07) is 3.47. The first kappa shape index (κ1) is 15.4. The van der Waals surface area contributed by atoms with Gasteiger partial charge in [-0.1, -0.05) is 25.4 Å². The third-order valence-electron chi connectivity index (χ3n) is 2.83. The average molecular weight is 314 g/mol. The van der Waals surface area contributed by atoms with Crippen molar-refractivity contribution in [3.8, 4) is 11.8 Å². The molecule has 2 aromatic rings. The van der Waals surface area contributed by atoms with Gasteiger partial charge in [0.05, 0.1) is 11.4 Å². The van der Waals surface area contributed by atoms with E-state index in [1.807, 2.05) is 19.9 Å². The van der Waals surface area contributed by atoms with E-state index in [1.54, 1.807) is 0 Å². The number of hydrogen-bond donors (Lipinski definition) is 0. The molecular weight excluding hydrogens is 303 g/mol. The van der Waals surface area contributed by atoms with Gasteiger partial charge in [0.25, 0.3) is 0 Å². The summed E-state index contributed by atoms with van der Waals surface area (Å²) in [5.74, 6) is -4.04. The van der Waals surface area contributed by atoms with E-state index in [2.05, 4.69) is 5.10 Å². The maximum atomic E-state index is 13.3. The van der Waals surface area contributed by atoms with Crippen molar-refractivity contribution in [1.82, 2.24) is 9.78 Å². The molecule has 0 amide bonds. The molecule has 0 bridgehead atoms. The minimum atomic E-state index is -1.56. The van der Waals surface area contributed by atoms with Crippen molar-refractivity contribution in [3.63, 3.8) is 0 Å². The summed E-state index contributed by atoms with van der Waals surface area (Å²) in [4.78, 5) is 0. The molecule has 0 saturated carbocycles. The fraction of sp³-hybridized carbons (Fsp3) is 0.286. The first-order chi connectivity index (χ1) is 9.85. The monoisotopic (exact) mass is 313 g/mol. The lowest BCUT2D eigenvalue weighted by molar-refractivity contribution is 0.446. The summed E-state index contributed by atoms with van der Waals surface area (Å²) in [5.41, 5.74) is 0.501. The molecule has 0 spiro atoms. The van der Waals surface area contributed by atoms with Crippen LogP contribution in [-0.4, -0.2) is 9.78 Å². The van der Waals surface area contributed by atoms with Gasteiger partial charge in [-0.15, -0.1) is 0 Å². The maximum Gasteiger partial charge on any atom is 0.194 e. The normalized spacial score (nSPS) is 11.0. The molecule has 21 heavy (non-hydrogen) atoms. The Bertz CT molecular complexity index is 709. The molecule has 110 valence electrons. The highest BCUT2D eigenvalue weighted by Gasteiger charge is 2.20. The quantitative estimate of drug-likeness (QED) is 0.803. The van der Waals surface area contributed by atoms with Crippen LogP contribution in [0.3, 0.4) is 0 Å². The van der Waals surface area contributed by atoms with E-state index >= 15 is 0 Å². The molecule has 0 fully saturated rings. The lowest BCUT2D eigenvalue weighted by Crippen LogP contribution is -2.02. The first-order valence-electron chi connectivity index (χ1n) is 6.17. The van der Waals surface area contributed by atoms with Crippen molar-refractivity contribution in [1.29, 1.82) is 5.26 Å². The highest BCUT2D eigenvalue weighted by molar-refractivity contribution is 6.31. The third-order valence-corrected chi connectivity index (χ3v) is 3.18. The molecule has 2 rings (SSSR count). The Morgan fingerprint density at radius 1 is 1.29 bits per heavy atom. The van der Waals surface area contributed by atoms with E-state index in [9.17, 15) is 13.2 Å². The molecule has 0 aliphatic heterocycles. The second kappa shape index (κ2) is 5.78. The van der Waals surface area contributed by atoms with Gasteiger partial charge in [-0.3, -0.25) is 0 Å². The van der Waals surface area contributed by atoms with E-state index in [-0.39, 0.29) is 22.3 Å². The molecule has 0 N–H and O–H groups in total. The SMILES string of the molecule is CC(C)Cc1nn(-c2cc(F)c(F)c(F)c2)c(Cl)c1C#N. The van der Waals surface area contributed by atoms with E-state index in [1.165, 1.54) is 0 Å². The molecule has 3 nitrogen and oxygen atoms in total. The smallest absolute Gasteiger partial charge is 0.194 e. The molecule has 1 aromatic carbocycles. The van der Waals surface area contributed by atoms with Gasteiger partial charge in [-0.25, -0.2) is 17.9 Å². The summed E-state index contributed by atoms with van der Waals surface area (Å²) in [7, 11) is 0. The van der Waals surface area contributed by atoms with Crippen LogP contribution in [0.15, 0.2) is 12.1 Å². The summed E-state index contributed by atoms with van der Waals surface area (Å²) in [6.07, 6.45) is 0.488. The third kappa shape index (κ3) is 2.88. The van der Waals surface area contributed by atoms with Gasteiger partial charge in [-0.05, 0) is 12.3 Å². The number of rotatable bonds is 3. The Labute approximate surface area is 124 Å². The lowest BCUT2D eigenvalue weighted by atomic mass is 10.1. The zero-order valence-electron chi connectivity index (χ0n) is 11.3. The van der Waals surface area contributed by atoms with Crippen LogP contribution in [0.2, 0.25) is 5.15 Å². The van der Waals surface area contributed by atoms with Crippen LogP contribution in [-0.2, 0) is 6.42 Å². The number of hydrogen-bond acceptors (Lipinski definition) is 2. The van der Waals surface area contributed by atoms with Crippen LogP contribution in [0.5, 0.6) is 0 Å². The molecule has 0 saturated heterocycles. The summed E-state index contributed by atoms with van der Waals surface area (Å²) in [5, 5.41) is 13.2. The Hall–Kier alpha value is -2.00. The summed E-state index contributed by atoms with van der Waals surface area (Å²) < 4.78 is 40.6. The predicted molar refractivity (Wildman–Crippen MR) is 71.7 cm³/mol. The van der Waals surface area contributed by atoms with E-state index in [4.69, 9.17) is 16.9 Å². The van der Waals surface area contributed by atoms with Gasteiger partial charge >= 0.3 is 0 Å². The van der Waals surface area contributed by atoms with Crippen molar-refractivity contribution in [2.75, 3.05) is 0 Å². The van der Waals surface area contributed by atoms with Gasteiger partial charge in [0.15, 0.2) is 22.6 Å². The molecule has 0 aliphatic carbocycles. The van der Waals surface area contributed by atoms with Gasteiger partial charge in [0.1, 0.15) is 11.6 Å². The average Bonchev–Trinajstić information content (AvgIpc) is 2.70. The number of benzene rings is 1. The summed E-state index contributed by atoms with van der Waals surface area (Å²) >= 11 is 6.03. The second-order valence-corrected chi connectivity index (χ2v) is 5.32. The maximum absolute atomic E-state index is 13.3. The van der Waals surface area contributed by atoms with Gasteiger partial charge < -0.3 is 0 Å². The molecule has 0 radical (unpaired) electrons. The van der Waals surface area contributed by atoms with Crippen LogP contribution >= 0.6 is 11.6 Å². The Morgan fingerprint density at radius 2 is 1.86 bits per heavy atom. The van der Waals surface area contributed by atoms with E-state index in [0.29, 0.717) is 12.1 Å². The van der Waals surface area contributed by atoms with E-state index in [0.717, 1.165) is 16.8 Å². The zero-order chi connectivity index (χ0) is 15.7. The minimum absolute atomic E-state index is 0.0569. The number of halogens is 4. The van der Waals surface area contributed by atoms with Crippen molar-refractivity contribution < 1.29 is 13.2 Å². The largest absolute Gasteiger partial charge is 0.220 e. The molecule has 0 unspecified atom stereocenters. The van der Waals surface area contributed by atoms with E-state index < -0.39 is 17.5 Å². The van der Waals surface area contributed by atoms with Crippen molar-refractivity contribution in [3.05, 3.63) is 46.0 Å². The highest BCUT2D eigenvalue weighted by atomic mass is 35.5. The van der Waals surface area contributed by atoms with Crippen LogP contribution < -0.4 is 0 Å². The predicted octanol–water partition coefficient (Wildman–Crippen LogP) is 4.01. The molecule has 7 heteroatoms. The van der Waals surface area contributed by atoms with Gasteiger partial charge in [-0.2, -0.15) is 10.4 Å². The van der Waals surface area contributed by atoms with Gasteiger partial charge in [0.2, 0.25) is 0 Å². The van der Waals surface area contributed by atoms with Gasteiger partial charge in [0, 0.05) is 12.1 Å². The zero-order valence-corrected chi connectivity index (χ0v) is 12.0. The van der Waals surface area contributed by atoms with Crippen LogP contribution in [0, 0.1) is 34.7 Å². The molecule has 0 atom stereocenters. The van der Waals surface area contributed by atoms with Crippen molar-refractivity contribution in [2.24, 2.45) is 5.92 Å². The topological polar surface area (TPSA) is 41.6 Å². The number of nitriles is 1. The Kier molecular flexibility index (Phi) is 4.24. The fourth-order valence-corrected chi connectivity index (χ4v) is 2.20. The van der Waals surface area contributed by atoms with Crippen molar-refractivity contribution in [2.45, 2.75) is 20.3 Å². The first-order valence-corrected chi connectivity index (χ1v) is 6.55. The highest BCUT2D eigenvalue weighted by Crippen LogP contribution is 2.26. The standard InChI is InChI=1S/C14H11ClF3N3/c1-7(2)3-12-9(6-19)14(15)21(20-12)8-4-10(16)13(18)11(17)5-8/h4-5,7H,3H2,1-2H3. The molecular formula is C14H11ClF3N3. The number of aromatic nitrogens is 2.